The average molecular weight is 227 g/mol. The fourth-order valence-corrected chi connectivity index (χ4v) is 2.57. The predicted octanol–water partition coefficient (Wildman–Crippen LogP) is 2.60. The molecule has 2 unspecified atom stereocenters. The molecule has 1 aliphatic rings. The minimum absolute atomic E-state index is 0.181. The molecule has 0 bridgehead atoms. The first-order valence-electron chi connectivity index (χ1n) is 5.72. The summed E-state index contributed by atoms with van der Waals surface area (Å²) in [4.78, 5) is 11.6. The van der Waals surface area contributed by atoms with Gasteiger partial charge in [-0.05, 0) is 18.8 Å². The van der Waals surface area contributed by atoms with E-state index in [1.54, 1.807) is 11.8 Å². The molecule has 2 nitrogen and oxygen atoms in total. The molecule has 0 aromatic carbocycles. The molecular weight excluding hydrogens is 206 g/mol. The van der Waals surface area contributed by atoms with E-state index in [1.807, 2.05) is 6.08 Å². The van der Waals surface area contributed by atoms with Crippen molar-refractivity contribution < 1.29 is 4.79 Å². The van der Waals surface area contributed by atoms with Crippen molar-refractivity contribution >= 4 is 17.7 Å². The Kier molecular flexibility index (Phi) is 5.84. The van der Waals surface area contributed by atoms with Gasteiger partial charge in [0.2, 0.25) is 5.91 Å². The summed E-state index contributed by atoms with van der Waals surface area (Å²) in [6.07, 6.45) is 6.82. The molecule has 3 heteroatoms. The molecule has 0 aromatic heterocycles. The highest BCUT2D eigenvalue weighted by Crippen LogP contribution is 2.23. The molecule has 0 saturated heterocycles. The van der Waals surface area contributed by atoms with E-state index >= 15 is 0 Å². The quantitative estimate of drug-likeness (QED) is 0.578. The van der Waals surface area contributed by atoms with Crippen LogP contribution in [0.4, 0.5) is 0 Å². The zero-order valence-corrected chi connectivity index (χ0v) is 10.3. The maximum absolute atomic E-state index is 11.6. The maximum Gasteiger partial charge on any atom is 0.230 e. The highest BCUT2D eigenvalue weighted by Gasteiger charge is 2.22. The molecule has 15 heavy (non-hydrogen) atoms. The topological polar surface area (TPSA) is 29.1 Å². The van der Waals surface area contributed by atoms with Gasteiger partial charge in [-0.25, -0.2) is 0 Å². The lowest BCUT2D eigenvalue weighted by atomic mass is 9.86. The van der Waals surface area contributed by atoms with Gasteiger partial charge in [0.1, 0.15) is 0 Å². The molecule has 1 N–H and O–H groups in total. The summed E-state index contributed by atoms with van der Waals surface area (Å²) in [6.45, 7) is 5.87. The van der Waals surface area contributed by atoms with Crippen LogP contribution in [0.25, 0.3) is 0 Å². The lowest BCUT2D eigenvalue weighted by molar-refractivity contribution is -0.119. The fourth-order valence-electron chi connectivity index (χ4n) is 2.01. The van der Waals surface area contributed by atoms with Gasteiger partial charge in [-0.3, -0.25) is 4.79 Å². The van der Waals surface area contributed by atoms with Crippen molar-refractivity contribution in [3.8, 4) is 0 Å². The number of carbonyl (C=O) groups is 1. The van der Waals surface area contributed by atoms with Crippen LogP contribution in [0, 0.1) is 5.92 Å². The Balaban J connectivity index is 2.20. The SMILES string of the molecule is C=CCSCC(=O)NC1CCCCC1C. The Morgan fingerprint density at radius 1 is 1.53 bits per heavy atom. The van der Waals surface area contributed by atoms with E-state index in [0.717, 1.165) is 12.2 Å². The molecular formula is C12H21NOS. The van der Waals surface area contributed by atoms with E-state index in [1.165, 1.54) is 19.3 Å². The van der Waals surface area contributed by atoms with Crippen molar-refractivity contribution in [1.82, 2.24) is 5.32 Å². The van der Waals surface area contributed by atoms with Gasteiger partial charge in [0.25, 0.3) is 0 Å². The van der Waals surface area contributed by atoms with Crippen LogP contribution in [-0.2, 0) is 4.79 Å². The molecule has 1 aliphatic carbocycles. The van der Waals surface area contributed by atoms with Crippen molar-refractivity contribution in [2.75, 3.05) is 11.5 Å². The first kappa shape index (κ1) is 12.6. The molecule has 0 aliphatic heterocycles. The Hall–Kier alpha value is -0.440. The predicted molar refractivity (Wildman–Crippen MR) is 67.1 cm³/mol. The molecule has 1 saturated carbocycles. The summed E-state index contributed by atoms with van der Waals surface area (Å²) in [5.74, 6) is 2.25. The van der Waals surface area contributed by atoms with Gasteiger partial charge in [-0.2, -0.15) is 0 Å². The minimum Gasteiger partial charge on any atom is -0.352 e. The van der Waals surface area contributed by atoms with Crippen LogP contribution in [-0.4, -0.2) is 23.5 Å². The molecule has 0 radical (unpaired) electrons. The largest absolute Gasteiger partial charge is 0.352 e. The highest BCUT2D eigenvalue weighted by molar-refractivity contribution is 8.00. The van der Waals surface area contributed by atoms with Gasteiger partial charge < -0.3 is 5.32 Å². The van der Waals surface area contributed by atoms with Crippen molar-refractivity contribution in [1.29, 1.82) is 0 Å². The van der Waals surface area contributed by atoms with E-state index in [-0.39, 0.29) is 5.91 Å². The second-order valence-corrected chi connectivity index (χ2v) is 5.27. The Morgan fingerprint density at radius 3 is 2.93 bits per heavy atom. The number of carbonyl (C=O) groups excluding carboxylic acids is 1. The van der Waals surface area contributed by atoms with Crippen LogP contribution in [0.5, 0.6) is 0 Å². The molecule has 1 rings (SSSR count). The van der Waals surface area contributed by atoms with E-state index in [0.29, 0.717) is 17.7 Å². The standard InChI is InChI=1S/C12H21NOS/c1-3-8-15-9-12(14)13-11-7-5-4-6-10(11)2/h3,10-11H,1,4-9H2,2H3,(H,13,14). The Bertz CT molecular complexity index is 218. The highest BCUT2D eigenvalue weighted by atomic mass is 32.2. The molecule has 86 valence electrons. The van der Waals surface area contributed by atoms with Crippen LogP contribution >= 0.6 is 11.8 Å². The number of amides is 1. The summed E-state index contributed by atoms with van der Waals surface area (Å²) >= 11 is 1.62. The van der Waals surface area contributed by atoms with Crippen LogP contribution < -0.4 is 5.32 Å². The normalized spacial score (nSPS) is 25.9. The summed E-state index contributed by atoms with van der Waals surface area (Å²) in [5, 5.41) is 3.13. The van der Waals surface area contributed by atoms with Crippen molar-refractivity contribution in [3.05, 3.63) is 12.7 Å². The number of hydrogen-bond acceptors (Lipinski definition) is 2. The number of thioether (sulfide) groups is 1. The maximum atomic E-state index is 11.6. The summed E-state index contributed by atoms with van der Waals surface area (Å²) in [6, 6.07) is 0.413. The Labute approximate surface area is 96.9 Å². The van der Waals surface area contributed by atoms with E-state index in [4.69, 9.17) is 0 Å². The van der Waals surface area contributed by atoms with Gasteiger partial charge in [-0.1, -0.05) is 25.8 Å². The third-order valence-corrected chi connectivity index (χ3v) is 3.86. The first-order chi connectivity index (χ1) is 7.24. The van der Waals surface area contributed by atoms with Crippen LogP contribution in [0.2, 0.25) is 0 Å². The van der Waals surface area contributed by atoms with Gasteiger partial charge in [0.05, 0.1) is 5.75 Å². The monoisotopic (exact) mass is 227 g/mol. The number of hydrogen-bond donors (Lipinski definition) is 1. The van der Waals surface area contributed by atoms with Crippen molar-refractivity contribution in [3.63, 3.8) is 0 Å². The lowest BCUT2D eigenvalue weighted by Crippen LogP contribution is -2.41. The first-order valence-corrected chi connectivity index (χ1v) is 6.87. The van der Waals surface area contributed by atoms with Gasteiger partial charge in [0, 0.05) is 11.8 Å². The Morgan fingerprint density at radius 2 is 2.27 bits per heavy atom. The number of rotatable bonds is 5. The summed E-state index contributed by atoms with van der Waals surface area (Å²) in [5.41, 5.74) is 0. The molecule has 1 fully saturated rings. The molecule has 0 heterocycles. The third kappa shape index (κ3) is 4.74. The summed E-state index contributed by atoms with van der Waals surface area (Å²) in [7, 11) is 0. The summed E-state index contributed by atoms with van der Waals surface area (Å²) < 4.78 is 0. The van der Waals surface area contributed by atoms with Crippen LogP contribution in [0.3, 0.4) is 0 Å². The second-order valence-electron chi connectivity index (χ2n) is 4.24. The fraction of sp³-hybridized carbons (Fsp3) is 0.750. The van der Waals surface area contributed by atoms with Crippen molar-refractivity contribution in [2.45, 2.75) is 38.6 Å². The van der Waals surface area contributed by atoms with E-state index in [2.05, 4.69) is 18.8 Å². The van der Waals surface area contributed by atoms with Gasteiger partial charge in [0.15, 0.2) is 0 Å². The average Bonchev–Trinajstić information content (AvgIpc) is 2.22. The van der Waals surface area contributed by atoms with Gasteiger partial charge in [-0.15, -0.1) is 18.3 Å². The van der Waals surface area contributed by atoms with Gasteiger partial charge >= 0.3 is 0 Å². The molecule has 0 spiro atoms. The van der Waals surface area contributed by atoms with Crippen molar-refractivity contribution in [2.24, 2.45) is 5.92 Å². The van der Waals surface area contributed by atoms with E-state index < -0.39 is 0 Å². The molecule has 0 aromatic rings. The minimum atomic E-state index is 0.181. The third-order valence-electron chi connectivity index (χ3n) is 2.93. The lowest BCUT2D eigenvalue weighted by Gasteiger charge is -2.29. The molecule has 1 amide bonds. The second kappa shape index (κ2) is 6.94. The smallest absolute Gasteiger partial charge is 0.230 e. The molecule has 2 atom stereocenters. The zero-order valence-electron chi connectivity index (χ0n) is 9.50. The van der Waals surface area contributed by atoms with E-state index in [9.17, 15) is 4.79 Å². The van der Waals surface area contributed by atoms with Crippen LogP contribution in [0.1, 0.15) is 32.6 Å². The number of nitrogens with one attached hydrogen (secondary N) is 1. The van der Waals surface area contributed by atoms with Crippen LogP contribution in [0.15, 0.2) is 12.7 Å². The zero-order chi connectivity index (χ0) is 11.1.